The Hall–Kier alpha value is -4.14. The molecule has 0 saturated carbocycles. The lowest BCUT2D eigenvalue weighted by atomic mass is 10.1. The second-order valence-electron chi connectivity index (χ2n) is 10.2. The number of amides is 2. The van der Waals surface area contributed by atoms with Crippen molar-refractivity contribution in [2.45, 2.75) is 25.6 Å². The summed E-state index contributed by atoms with van der Waals surface area (Å²) in [6.07, 6.45) is -1.75. The average Bonchev–Trinajstić information content (AvgIpc) is 3.32. The maximum absolute atomic E-state index is 12.8. The number of rotatable bonds is 6. The molecule has 2 aliphatic rings. The van der Waals surface area contributed by atoms with Gasteiger partial charge in [0.2, 0.25) is 0 Å². The maximum atomic E-state index is 12.8. The second-order valence-corrected chi connectivity index (χ2v) is 11.6. The van der Waals surface area contributed by atoms with Crippen molar-refractivity contribution in [3.8, 4) is 0 Å². The fourth-order valence-corrected chi connectivity index (χ4v) is 5.35. The highest BCUT2D eigenvalue weighted by Crippen LogP contribution is 2.34. The van der Waals surface area contributed by atoms with Crippen LogP contribution >= 0.6 is 23.4 Å². The first-order valence-corrected chi connectivity index (χ1v) is 14.4. The Kier molecular flexibility index (Phi) is 8.86. The Balaban J connectivity index is 1.33. The summed E-state index contributed by atoms with van der Waals surface area (Å²) in [5.74, 6) is -3.87. The van der Waals surface area contributed by atoms with E-state index in [-0.39, 0.29) is 27.5 Å². The van der Waals surface area contributed by atoms with E-state index in [1.54, 1.807) is 12.3 Å². The quantitative estimate of drug-likeness (QED) is 0.268. The molecule has 230 valence electrons. The van der Waals surface area contributed by atoms with Crippen molar-refractivity contribution in [2.75, 3.05) is 36.5 Å². The van der Waals surface area contributed by atoms with Gasteiger partial charge in [-0.2, -0.15) is 13.2 Å². The number of nitrogens with one attached hydrogen (secondary N) is 2. The molecule has 15 heteroatoms. The van der Waals surface area contributed by atoms with Crippen LogP contribution < -0.4 is 15.5 Å². The third kappa shape index (κ3) is 7.14. The third-order valence-electron chi connectivity index (χ3n) is 6.60. The number of hydrogen-bond acceptors (Lipinski definition) is 9. The summed E-state index contributed by atoms with van der Waals surface area (Å²) in [5.41, 5.74) is 0.815. The molecule has 0 radical (unpaired) electrons. The molecule has 3 aromatic rings. The molecule has 2 N–H and O–H groups in total. The number of alkyl halides is 3. The fourth-order valence-electron chi connectivity index (χ4n) is 4.35. The van der Waals surface area contributed by atoms with E-state index in [9.17, 15) is 27.6 Å². The SMILES string of the molecule is CC(C)(OC(=O)C(F)(F)F)C(=O)Nc1ccc(Cl)c(N=C2NC(=O)/C(=C/c3ccc4nccc(N5CCOCC5)c4c3)S2)c1. The van der Waals surface area contributed by atoms with E-state index in [0.717, 1.165) is 60.9 Å². The smallest absolute Gasteiger partial charge is 0.443 e. The number of pyridine rings is 1. The Bertz CT molecular complexity index is 1710. The highest BCUT2D eigenvalue weighted by atomic mass is 35.5. The van der Waals surface area contributed by atoms with Crippen LogP contribution in [-0.4, -0.2) is 66.0 Å². The van der Waals surface area contributed by atoms with E-state index in [1.807, 2.05) is 24.3 Å². The number of ether oxygens (including phenoxy) is 2. The van der Waals surface area contributed by atoms with Crippen LogP contribution in [0.5, 0.6) is 0 Å². The molecule has 0 atom stereocenters. The monoisotopic (exact) mass is 647 g/mol. The van der Waals surface area contributed by atoms with E-state index in [1.165, 1.54) is 18.2 Å². The molecular formula is C29H25ClF3N5O5S. The third-order valence-corrected chi connectivity index (χ3v) is 7.82. The lowest BCUT2D eigenvalue weighted by molar-refractivity contribution is -0.211. The van der Waals surface area contributed by atoms with Crippen LogP contribution in [-0.2, 0) is 23.9 Å². The van der Waals surface area contributed by atoms with Crippen molar-refractivity contribution in [3.63, 3.8) is 0 Å². The molecular weight excluding hydrogens is 623 g/mol. The Morgan fingerprint density at radius 1 is 1.16 bits per heavy atom. The molecule has 2 amide bonds. The maximum Gasteiger partial charge on any atom is 0.490 e. The van der Waals surface area contributed by atoms with Gasteiger partial charge in [-0.25, -0.2) is 9.79 Å². The number of aromatic nitrogens is 1. The standard InChI is InChI=1S/C29H25ClF3N5O5S/c1-28(2,43-26(41)29(31,32)33)25(40)35-17-4-5-19(30)21(15-17)36-27-37-24(39)23(44-27)14-16-3-6-20-18(13-16)22(7-8-34-20)38-9-11-42-12-10-38/h3-8,13-15H,9-12H2,1-2H3,(H,35,40)(H,36,37,39)/b23-14-. The normalized spacial score (nSPS) is 17.7. The lowest BCUT2D eigenvalue weighted by Gasteiger charge is -2.29. The van der Waals surface area contributed by atoms with Gasteiger partial charge in [0, 0.05) is 36.0 Å². The van der Waals surface area contributed by atoms with Gasteiger partial charge < -0.3 is 25.0 Å². The number of fused-ring (bicyclic) bond motifs is 1. The van der Waals surface area contributed by atoms with Crippen LogP contribution in [0.2, 0.25) is 5.02 Å². The highest BCUT2D eigenvalue weighted by Gasteiger charge is 2.46. The molecule has 2 aromatic carbocycles. The van der Waals surface area contributed by atoms with Gasteiger partial charge >= 0.3 is 12.1 Å². The molecule has 44 heavy (non-hydrogen) atoms. The lowest BCUT2D eigenvalue weighted by Crippen LogP contribution is -2.44. The van der Waals surface area contributed by atoms with Gasteiger partial charge in [-0.3, -0.25) is 14.6 Å². The van der Waals surface area contributed by atoms with Gasteiger partial charge in [0.25, 0.3) is 11.8 Å². The van der Waals surface area contributed by atoms with E-state index in [4.69, 9.17) is 16.3 Å². The zero-order valence-electron chi connectivity index (χ0n) is 23.3. The predicted octanol–water partition coefficient (Wildman–Crippen LogP) is 5.44. The molecule has 0 aliphatic carbocycles. The second kappa shape index (κ2) is 12.5. The molecule has 0 spiro atoms. The number of anilines is 2. The highest BCUT2D eigenvalue weighted by molar-refractivity contribution is 8.18. The van der Waals surface area contributed by atoms with E-state index < -0.39 is 23.7 Å². The summed E-state index contributed by atoms with van der Waals surface area (Å²) < 4.78 is 47.6. The van der Waals surface area contributed by atoms with E-state index in [2.05, 4.69) is 30.2 Å². The van der Waals surface area contributed by atoms with E-state index >= 15 is 0 Å². The molecule has 5 rings (SSSR count). The number of hydrogen-bond donors (Lipinski definition) is 2. The number of amidine groups is 1. The summed E-state index contributed by atoms with van der Waals surface area (Å²) >= 11 is 7.37. The molecule has 1 aromatic heterocycles. The Morgan fingerprint density at radius 2 is 1.91 bits per heavy atom. The molecule has 2 fully saturated rings. The van der Waals surface area contributed by atoms with Crippen molar-refractivity contribution in [1.82, 2.24) is 10.3 Å². The summed E-state index contributed by atoms with van der Waals surface area (Å²) in [5, 5.41) is 6.43. The summed E-state index contributed by atoms with van der Waals surface area (Å²) in [6, 6.07) is 11.9. The summed E-state index contributed by atoms with van der Waals surface area (Å²) in [4.78, 5) is 48.1. The zero-order valence-corrected chi connectivity index (χ0v) is 24.9. The van der Waals surface area contributed by atoms with Crippen molar-refractivity contribution >= 4 is 80.4 Å². The van der Waals surface area contributed by atoms with Gasteiger partial charge in [0.05, 0.1) is 34.3 Å². The van der Waals surface area contributed by atoms with Crippen LogP contribution in [0.15, 0.2) is 58.6 Å². The minimum atomic E-state index is -5.25. The minimum Gasteiger partial charge on any atom is -0.443 e. The van der Waals surface area contributed by atoms with Gasteiger partial charge in [0.15, 0.2) is 10.8 Å². The van der Waals surface area contributed by atoms with Crippen LogP contribution in [0, 0.1) is 0 Å². The number of halogens is 4. The number of nitrogens with zero attached hydrogens (tertiary/aromatic N) is 3. The van der Waals surface area contributed by atoms with E-state index in [0.29, 0.717) is 18.1 Å². The van der Waals surface area contributed by atoms with Crippen LogP contribution in [0.3, 0.4) is 0 Å². The molecule has 0 unspecified atom stereocenters. The summed E-state index contributed by atoms with van der Waals surface area (Å²) in [6.45, 7) is 4.86. The zero-order chi connectivity index (χ0) is 31.6. The molecule has 10 nitrogen and oxygen atoms in total. The van der Waals surface area contributed by atoms with Crippen LogP contribution in [0.1, 0.15) is 19.4 Å². The number of carbonyl (C=O) groups excluding carboxylic acids is 3. The van der Waals surface area contributed by atoms with Gasteiger partial charge in [-0.1, -0.05) is 17.7 Å². The number of thioether (sulfide) groups is 1. The first kappa shape index (κ1) is 31.3. The van der Waals surface area contributed by atoms with Crippen molar-refractivity contribution < 1.29 is 37.0 Å². The number of aliphatic imine (C=N–C) groups is 1. The van der Waals surface area contributed by atoms with Crippen LogP contribution in [0.25, 0.3) is 17.0 Å². The topological polar surface area (TPSA) is 122 Å². The minimum absolute atomic E-state index is 0.126. The van der Waals surface area contributed by atoms with Gasteiger partial charge in [0.1, 0.15) is 0 Å². The number of carbonyl (C=O) groups is 3. The molecule has 2 saturated heterocycles. The first-order valence-electron chi connectivity index (χ1n) is 13.2. The predicted molar refractivity (Wildman–Crippen MR) is 162 cm³/mol. The van der Waals surface area contributed by atoms with Gasteiger partial charge in [-0.15, -0.1) is 0 Å². The van der Waals surface area contributed by atoms with Gasteiger partial charge in [-0.05, 0) is 73.6 Å². The molecule has 0 bridgehead atoms. The average molecular weight is 648 g/mol. The molecule has 3 heterocycles. The Morgan fingerprint density at radius 3 is 2.64 bits per heavy atom. The van der Waals surface area contributed by atoms with Crippen molar-refractivity contribution in [1.29, 1.82) is 0 Å². The fraction of sp³-hybridized carbons (Fsp3) is 0.276. The molecule has 2 aliphatic heterocycles. The number of benzene rings is 2. The van der Waals surface area contributed by atoms with Crippen LogP contribution in [0.4, 0.5) is 30.2 Å². The first-order chi connectivity index (χ1) is 20.8. The largest absolute Gasteiger partial charge is 0.490 e. The number of esters is 1. The number of morpholine rings is 1. The Labute approximate surface area is 258 Å². The van der Waals surface area contributed by atoms with Crippen molar-refractivity contribution in [2.24, 2.45) is 4.99 Å². The van der Waals surface area contributed by atoms with Crippen molar-refractivity contribution in [3.05, 3.63) is 64.2 Å². The summed E-state index contributed by atoms with van der Waals surface area (Å²) in [7, 11) is 0.